The van der Waals surface area contributed by atoms with Gasteiger partial charge in [0.15, 0.2) is 0 Å². The molecule has 0 saturated heterocycles. The van der Waals surface area contributed by atoms with Gasteiger partial charge in [-0.2, -0.15) is 0 Å². The highest BCUT2D eigenvalue weighted by molar-refractivity contribution is 6.42. The van der Waals surface area contributed by atoms with E-state index in [1.165, 1.54) is 31.2 Å². The first-order valence-electron chi connectivity index (χ1n) is 6.91. The van der Waals surface area contributed by atoms with Crippen molar-refractivity contribution in [1.29, 1.82) is 0 Å². The summed E-state index contributed by atoms with van der Waals surface area (Å²) in [5, 5.41) is 4.65. The monoisotopic (exact) mass is 300 g/mol. The Morgan fingerprint density at radius 3 is 2.42 bits per heavy atom. The van der Waals surface area contributed by atoms with E-state index in [0.717, 1.165) is 6.54 Å². The summed E-state index contributed by atoms with van der Waals surface area (Å²) in [4.78, 5) is 2.44. The predicted molar refractivity (Wildman–Crippen MR) is 83.0 cm³/mol. The molecule has 0 heterocycles. The van der Waals surface area contributed by atoms with E-state index >= 15 is 0 Å². The predicted octanol–water partition coefficient (Wildman–Crippen LogP) is 3.96. The van der Waals surface area contributed by atoms with Gasteiger partial charge < -0.3 is 5.32 Å². The average Bonchev–Trinajstić information content (AvgIpc) is 2.43. The van der Waals surface area contributed by atoms with Gasteiger partial charge in [-0.15, -0.1) is 0 Å². The Morgan fingerprint density at radius 2 is 1.84 bits per heavy atom. The topological polar surface area (TPSA) is 15.3 Å². The van der Waals surface area contributed by atoms with Crippen LogP contribution >= 0.6 is 23.2 Å². The zero-order valence-corrected chi connectivity index (χ0v) is 13.1. The van der Waals surface area contributed by atoms with Crippen LogP contribution in [0.3, 0.4) is 0 Å². The number of nitrogens with one attached hydrogen (secondary N) is 1. The Kier molecular flexibility index (Phi) is 5.52. The smallest absolute Gasteiger partial charge is 0.0595 e. The summed E-state index contributed by atoms with van der Waals surface area (Å²) in [6, 6.07) is 7.29. The van der Waals surface area contributed by atoms with Gasteiger partial charge in [0.25, 0.3) is 0 Å². The Hall–Kier alpha value is -0.280. The third kappa shape index (κ3) is 4.09. The SMILES string of the molecule is CNC1CCC(N(C)Cc2ccc(Cl)c(Cl)c2)CC1. The van der Waals surface area contributed by atoms with E-state index in [1.54, 1.807) is 0 Å². The molecule has 19 heavy (non-hydrogen) atoms. The van der Waals surface area contributed by atoms with Crippen LogP contribution in [0.1, 0.15) is 31.2 Å². The van der Waals surface area contributed by atoms with E-state index in [0.29, 0.717) is 22.1 Å². The van der Waals surface area contributed by atoms with Crippen molar-refractivity contribution in [1.82, 2.24) is 10.2 Å². The molecule has 4 heteroatoms. The molecule has 106 valence electrons. The normalized spacial score (nSPS) is 23.8. The van der Waals surface area contributed by atoms with Gasteiger partial charge in [-0.25, -0.2) is 0 Å². The Morgan fingerprint density at radius 1 is 1.16 bits per heavy atom. The molecule has 1 saturated carbocycles. The fourth-order valence-electron chi connectivity index (χ4n) is 2.86. The molecule has 1 aromatic carbocycles. The van der Waals surface area contributed by atoms with E-state index in [9.17, 15) is 0 Å². The molecule has 1 aliphatic carbocycles. The van der Waals surface area contributed by atoms with Crippen molar-refractivity contribution < 1.29 is 0 Å². The fraction of sp³-hybridized carbons (Fsp3) is 0.600. The van der Waals surface area contributed by atoms with Crippen LogP contribution < -0.4 is 5.32 Å². The molecule has 0 spiro atoms. The van der Waals surface area contributed by atoms with Gasteiger partial charge in [-0.3, -0.25) is 4.90 Å². The van der Waals surface area contributed by atoms with E-state index in [1.807, 2.05) is 12.1 Å². The number of hydrogen-bond acceptors (Lipinski definition) is 2. The molecule has 0 radical (unpaired) electrons. The van der Waals surface area contributed by atoms with E-state index < -0.39 is 0 Å². The number of rotatable bonds is 4. The molecule has 0 aromatic heterocycles. The largest absolute Gasteiger partial charge is 0.317 e. The van der Waals surface area contributed by atoms with Crippen LogP contribution in [0.25, 0.3) is 0 Å². The summed E-state index contributed by atoms with van der Waals surface area (Å²) in [6.07, 6.45) is 5.08. The molecule has 0 aliphatic heterocycles. The highest BCUT2D eigenvalue weighted by Gasteiger charge is 2.23. The number of benzene rings is 1. The van der Waals surface area contributed by atoms with Gasteiger partial charge in [0.2, 0.25) is 0 Å². The average molecular weight is 301 g/mol. The number of nitrogens with zero attached hydrogens (tertiary/aromatic N) is 1. The first-order valence-corrected chi connectivity index (χ1v) is 7.67. The molecule has 0 atom stereocenters. The molecule has 1 aliphatic rings. The lowest BCUT2D eigenvalue weighted by atomic mass is 9.90. The van der Waals surface area contributed by atoms with Crippen molar-refractivity contribution in [3.8, 4) is 0 Å². The van der Waals surface area contributed by atoms with Crippen molar-refractivity contribution in [2.24, 2.45) is 0 Å². The Balaban J connectivity index is 1.90. The third-order valence-electron chi connectivity index (χ3n) is 4.14. The molecule has 1 N–H and O–H groups in total. The Labute approximate surface area is 126 Å². The highest BCUT2D eigenvalue weighted by Crippen LogP contribution is 2.26. The van der Waals surface area contributed by atoms with Crippen LogP contribution in [-0.2, 0) is 6.54 Å². The number of halogens is 2. The fourth-order valence-corrected chi connectivity index (χ4v) is 3.18. The van der Waals surface area contributed by atoms with Crippen molar-refractivity contribution in [2.75, 3.05) is 14.1 Å². The summed E-state index contributed by atoms with van der Waals surface area (Å²) in [5.74, 6) is 0. The van der Waals surface area contributed by atoms with E-state index in [2.05, 4.69) is 30.4 Å². The lowest BCUT2D eigenvalue weighted by Gasteiger charge is -2.34. The van der Waals surface area contributed by atoms with Crippen molar-refractivity contribution in [3.63, 3.8) is 0 Å². The van der Waals surface area contributed by atoms with Crippen molar-refractivity contribution in [2.45, 2.75) is 44.3 Å². The van der Waals surface area contributed by atoms with Gasteiger partial charge in [-0.05, 0) is 57.5 Å². The third-order valence-corrected chi connectivity index (χ3v) is 4.88. The number of hydrogen-bond donors (Lipinski definition) is 1. The Bertz CT molecular complexity index is 415. The summed E-state index contributed by atoms with van der Waals surface area (Å²) in [5.41, 5.74) is 1.23. The van der Waals surface area contributed by atoms with Crippen LogP contribution in [0.5, 0.6) is 0 Å². The van der Waals surface area contributed by atoms with Gasteiger partial charge in [0.1, 0.15) is 0 Å². The minimum atomic E-state index is 0.627. The highest BCUT2D eigenvalue weighted by atomic mass is 35.5. The van der Waals surface area contributed by atoms with Gasteiger partial charge in [0, 0.05) is 18.6 Å². The second kappa shape index (κ2) is 6.94. The van der Waals surface area contributed by atoms with Gasteiger partial charge in [0.05, 0.1) is 10.0 Å². The molecule has 2 nitrogen and oxygen atoms in total. The van der Waals surface area contributed by atoms with Crippen LogP contribution in [0.2, 0.25) is 10.0 Å². The van der Waals surface area contributed by atoms with Crippen LogP contribution in [0, 0.1) is 0 Å². The zero-order chi connectivity index (χ0) is 13.8. The maximum Gasteiger partial charge on any atom is 0.0595 e. The summed E-state index contributed by atoms with van der Waals surface area (Å²) < 4.78 is 0. The molecule has 0 bridgehead atoms. The summed E-state index contributed by atoms with van der Waals surface area (Å²) in [7, 11) is 4.26. The maximum absolute atomic E-state index is 6.06. The summed E-state index contributed by atoms with van der Waals surface area (Å²) >= 11 is 12.0. The van der Waals surface area contributed by atoms with Crippen LogP contribution in [-0.4, -0.2) is 31.1 Å². The van der Waals surface area contributed by atoms with Gasteiger partial charge in [-0.1, -0.05) is 29.3 Å². The second-order valence-corrected chi connectivity index (χ2v) is 6.27. The van der Waals surface area contributed by atoms with E-state index in [4.69, 9.17) is 23.2 Å². The maximum atomic E-state index is 6.06. The molecular formula is C15H22Cl2N2. The second-order valence-electron chi connectivity index (χ2n) is 5.46. The lowest BCUT2D eigenvalue weighted by molar-refractivity contribution is 0.170. The van der Waals surface area contributed by atoms with Crippen LogP contribution in [0.15, 0.2) is 18.2 Å². The molecule has 0 unspecified atom stereocenters. The first-order chi connectivity index (χ1) is 9.10. The first kappa shape index (κ1) is 15.1. The lowest BCUT2D eigenvalue weighted by Crippen LogP contribution is -2.39. The van der Waals surface area contributed by atoms with Crippen molar-refractivity contribution in [3.05, 3.63) is 33.8 Å². The quantitative estimate of drug-likeness (QED) is 0.905. The molecular weight excluding hydrogens is 279 g/mol. The molecule has 1 aromatic rings. The minimum absolute atomic E-state index is 0.627. The molecule has 1 fully saturated rings. The van der Waals surface area contributed by atoms with Gasteiger partial charge >= 0.3 is 0 Å². The van der Waals surface area contributed by atoms with Crippen LogP contribution in [0.4, 0.5) is 0 Å². The minimum Gasteiger partial charge on any atom is -0.317 e. The zero-order valence-electron chi connectivity index (χ0n) is 11.6. The molecule has 2 rings (SSSR count). The van der Waals surface area contributed by atoms with Crippen molar-refractivity contribution >= 4 is 23.2 Å². The van der Waals surface area contributed by atoms with E-state index in [-0.39, 0.29) is 0 Å². The summed E-state index contributed by atoms with van der Waals surface area (Å²) in [6.45, 7) is 0.936. The standard InChI is InChI=1S/C15H22Cl2N2/c1-18-12-4-6-13(7-5-12)19(2)10-11-3-8-14(16)15(17)9-11/h3,8-9,12-13,18H,4-7,10H2,1-2H3. The molecule has 0 amide bonds.